The third-order valence-corrected chi connectivity index (χ3v) is 3.46. The van der Waals surface area contributed by atoms with E-state index in [1.807, 2.05) is 6.08 Å². The smallest absolute Gasteiger partial charge is 0.0415 e. The Morgan fingerprint density at radius 2 is 2.22 bits per heavy atom. The van der Waals surface area contributed by atoms with E-state index in [1.54, 1.807) is 0 Å². The predicted octanol–water partition coefficient (Wildman–Crippen LogP) is 4.13. The Morgan fingerprint density at radius 3 is 2.83 bits per heavy atom. The van der Waals surface area contributed by atoms with Gasteiger partial charge < -0.3 is 10.2 Å². The molecule has 3 heteroatoms. The molecule has 0 aliphatic carbocycles. The zero-order valence-electron chi connectivity index (χ0n) is 11.5. The van der Waals surface area contributed by atoms with E-state index in [0.717, 1.165) is 24.0 Å². The molecule has 2 nitrogen and oxygen atoms in total. The maximum atomic E-state index is 3.80. The molecule has 0 heterocycles. The molecule has 0 aliphatic heterocycles. The largest absolute Gasteiger partial charge is 0.371 e. The van der Waals surface area contributed by atoms with Gasteiger partial charge in [0.1, 0.15) is 0 Å². The molecule has 0 radical (unpaired) electrons. The second-order valence-electron chi connectivity index (χ2n) is 4.55. The third-order valence-electron chi connectivity index (χ3n) is 2.97. The van der Waals surface area contributed by atoms with Crippen LogP contribution in [0.15, 0.2) is 35.3 Å². The topological polar surface area (TPSA) is 15.3 Å². The SMILES string of the molecule is C=CCN(C)c1ccc(Br)cc1C(C)NCCC. The standard InChI is InChI=1S/C15H23BrN2/c1-5-9-17-12(3)14-11-13(16)7-8-15(14)18(4)10-6-2/h6-8,11-12,17H,2,5,9-10H2,1,3-4H3. The Kier molecular flexibility index (Phi) is 6.44. The van der Waals surface area contributed by atoms with Crippen LogP contribution >= 0.6 is 15.9 Å². The van der Waals surface area contributed by atoms with E-state index in [0.29, 0.717) is 6.04 Å². The molecule has 18 heavy (non-hydrogen) atoms. The second-order valence-corrected chi connectivity index (χ2v) is 5.46. The first-order chi connectivity index (χ1) is 8.60. The minimum absolute atomic E-state index is 0.352. The van der Waals surface area contributed by atoms with Gasteiger partial charge >= 0.3 is 0 Å². The molecule has 1 aromatic rings. The van der Waals surface area contributed by atoms with Gasteiger partial charge in [-0.3, -0.25) is 0 Å². The molecule has 0 bridgehead atoms. The summed E-state index contributed by atoms with van der Waals surface area (Å²) in [5.74, 6) is 0. The van der Waals surface area contributed by atoms with Crippen molar-refractivity contribution in [2.45, 2.75) is 26.3 Å². The number of hydrogen-bond donors (Lipinski definition) is 1. The van der Waals surface area contributed by atoms with Crippen molar-refractivity contribution >= 4 is 21.6 Å². The van der Waals surface area contributed by atoms with Crippen LogP contribution in [0.25, 0.3) is 0 Å². The summed E-state index contributed by atoms with van der Waals surface area (Å²) >= 11 is 3.55. The molecule has 0 amide bonds. The van der Waals surface area contributed by atoms with Crippen LogP contribution in [0, 0.1) is 0 Å². The van der Waals surface area contributed by atoms with Gasteiger partial charge in [0.15, 0.2) is 0 Å². The lowest BCUT2D eigenvalue weighted by Crippen LogP contribution is -2.24. The molecular formula is C15H23BrN2. The molecule has 0 saturated carbocycles. The lowest BCUT2D eigenvalue weighted by atomic mass is 10.1. The monoisotopic (exact) mass is 310 g/mol. The minimum atomic E-state index is 0.352. The van der Waals surface area contributed by atoms with Crippen molar-refractivity contribution in [3.63, 3.8) is 0 Å². The normalized spacial score (nSPS) is 12.2. The van der Waals surface area contributed by atoms with Crippen LogP contribution in [-0.4, -0.2) is 20.1 Å². The Bertz CT molecular complexity index is 390. The van der Waals surface area contributed by atoms with E-state index in [1.165, 1.54) is 11.3 Å². The van der Waals surface area contributed by atoms with Gasteiger partial charge in [0.25, 0.3) is 0 Å². The van der Waals surface area contributed by atoms with Crippen molar-refractivity contribution in [2.75, 3.05) is 25.0 Å². The summed E-state index contributed by atoms with van der Waals surface area (Å²) in [4.78, 5) is 2.22. The molecule has 0 aromatic heterocycles. The Balaban J connectivity index is 2.98. The molecule has 1 unspecified atom stereocenters. The van der Waals surface area contributed by atoms with Crippen LogP contribution in [0.4, 0.5) is 5.69 Å². The van der Waals surface area contributed by atoms with Crippen LogP contribution in [-0.2, 0) is 0 Å². The average Bonchev–Trinajstić information content (AvgIpc) is 2.36. The summed E-state index contributed by atoms with van der Waals surface area (Å²) in [6.07, 6.45) is 3.08. The van der Waals surface area contributed by atoms with Crippen molar-refractivity contribution < 1.29 is 0 Å². The van der Waals surface area contributed by atoms with E-state index in [-0.39, 0.29) is 0 Å². The first-order valence-corrected chi connectivity index (χ1v) is 7.24. The van der Waals surface area contributed by atoms with Gasteiger partial charge in [0.2, 0.25) is 0 Å². The quantitative estimate of drug-likeness (QED) is 0.762. The summed E-state index contributed by atoms with van der Waals surface area (Å²) in [7, 11) is 2.10. The van der Waals surface area contributed by atoms with Gasteiger partial charge in [-0.2, -0.15) is 0 Å². The molecule has 1 rings (SSSR count). The van der Waals surface area contributed by atoms with Crippen molar-refractivity contribution in [1.29, 1.82) is 0 Å². The zero-order chi connectivity index (χ0) is 13.5. The first-order valence-electron chi connectivity index (χ1n) is 6.45. The number of nitrogens with one attached hydrogen (secondary N) is 1. The van der Waals surface area contributed by atoms with Gasteiger partial charge in [-0.25, -0.2) is 0 Å². The molecule has 0 saturated heterocycles. The molecule has 0 fully saturated rings. The number of rotatable bonds is 7. The molecule has 0 aliphatic rings. The molecular weight excluding hydrogens is 288 g/mol. The van der Waals surface area contributed by atoms with Crippen molar-refractivity contribution in [3.05, 3.63) is 40.9 Å². The number of likely N-dealkylation sites (N-methyl/N-ethyl adjacent to an activating group) is 1. The lowest BCUT2D eigenvalue weighted by molar-refractivity contribution is 0.570. The number of halogens is 1. The fraction of sp³-hybridized carbons (Fsp3) is 0.467. The van der Waals surface area contributed by atoms with Crippen molar-refractivity contribution in [1.82, 2.24) is 5.32 Å². The molecule has 1 N–H and O–H groups in total. The molecule has 0 spiro atoms. The molecule has 100 valence electrons. The van der Waals surface area contributed by atoms with Gasteiger partial charge in [0, 0.05) is 29.8 Å². The second kappa shape index (κ2) is 7.59. The van der Waals surface area contributed by atoms with Crippen LogP contribution < -0.4 is 10.2 Å². The lowest BCUT2D eigenvalue weighted by Gasteiger charge is -2.25. The highest BCUT2D eigenvalue weighted by Crippen LogP contribution is 2.29. The summed E-state index contributed by atoms with van der Waals surface area (Å²) in [5.41, 5.74) is 2.58. The first kappa shape index (κ1) is 15.3. The van der Waals surface area contributed by atoms with E-state index in [9.17, 15) is 0 Å². The van der Waals surface area contributed by atoms with Crippen LogP contribution in [0.2, 0.25) is 0 Å². The molecule has 1 atom stereocenters. The third kappa shape index (κ3) is 4.14. The Morgan fingerprint density at radius 1 is 1.50 bits per heavy atom. The average molecular weight is 311 g/mol. The van der Waals surface area contributed by atoms with Crippen LogP contribution in [0.5, 0.6) is 0 Å². The zero-order valence-corrected chi connectivity index (χ0v) is 13.1. The number of benzene rings is 1. The van der Waals surface area contributed by atoms with Gasteiger partial charge in [0.05, 0.1) is 0 Å². The van der Waals surface area contributed by atoms with Crippen LogP contribution in [0.3, 0.4) is 0 Å². The van der Waals surface area contributed by atoms with E-state index in [4.69, 9.17) is 0 Å². The van der Waals surface area contributed by atoms with Crippen molar-refractivity contribution in [3.8, 4) is 0 Å². The summed E-state index contributed by atoms with van der Waals surface area (Å²) in [6, 6.07) is 6.80. The van der Waals surface area contributed by atoms with Gasteiger partial charge in [-0.15, -0.1) is 6.58 Å². The van der Waals surface area contributed by atoms with Crippen LogP contribution in [0.1, 0.15) is 31.9 Å². The van der Waals surface area contributed by atoms with E-state index < -0.39 is 0 Å². The summed E-state index contributed by atoms with van der Waals surface area (Å²) in [6.45, 7) is 10.1. The van der Waals surface area contributed by atoms with E-state index in [2.05, 4.69) is 71.8 Å². The highest BCUT2D eigenvalue weighted by atomic mass is 79.9. The number of anilines is 1. The van der Waals surface area contributed by atoms with Gasteiger partial charge in [-0.05, 0) is 43.7 Å². The highest BCUT2D eigenvalue weighted by Gasteiger charge is 2.12. The fourth-order valence-electron chi connectivity index (χ4n) is 1.98. The molecule has 1 aromatic carbocycles. The van der Waals surface area contributed by atoms with E-state index >= 15 is 0 Å². The van der Waals surface area contributed by atoms with Gasteiger partial charge in [-0.1, -0.05) is 28.9 Å². The summed E-state index contributed by atoms with van der Waals surface area (Å²) in [5, 5.41) is 3.54. The predicted molar refractivity (Wildman–Crippen MR) is 84.3 cm³/mol. The number of nitrogens with zero attached hydrogens (tertiary/aromatic N) is 1. The maximum Gasteiger partial charge on any atom is 0.0415 e. The highest BCUT2D eigenvalue weighted by molar-refractivity contribution is 9.10. The fourth-order valence-corrected chi connectivity index (χ4v) is 2.36. The Hall–Kier alpha value is -0.800. The summed E-state index contributed by atoms with van der Waals surface area (Å²) < 4.78 is 1.12. The maximum absolute atomic E-state index is 3.80. The Labute approximate surface area is 119 Å². The van der Waals surface area contributed by atoms with Crippen molar-refractivity contribution in [2.24, 2.45) is 0 Å². The number of hydrogen-bond acceptors (Lipinski definition) is 2. The minimum Gasteiger partial charge on any atom is -0.371 e.